The predicted octanol–water partition coefficient (Wildman–Crippen LogP) is 1.24. The minimum absolute atomic E-state index is 0.797. The molecule has 16 heavy (non-hydrogen) atoms. The maximum Gasteiger partial charge on any atom is 0.156 e. The number of hydrogen-bond donors (Lipinski definition) is 1. The highest BCUT2D eigenvalue weighted by Crippen LogP contribution is 2.17. The van der Waals surface area contributed by atoms with E-state index in [-0.39, 0.29) is 0 Å². The molecule has 5 nitrogen and oxygen atoms in total. The highest BCUT2D eigenvalue weighted by atomic mass is 127. The monoisotopic (exact) mass is 331 g/mol. The fourth-order valence-corrected chi connectivity index (χ4v) is 2.17. The molecule has 2 heterocycles. The van der Waals surface area contributed by atoms with Gasteiger partial charge in [-0.2, -0.15) is 10.2 Å². The van der Waals surface area contributed by atoms with Crippen molar-refractivity contribution < 1.29 is 0 Å². The fourth-order valence-electron chi connectivity index (χ4n) is 1.78. The van der Waals surface area contributed by atoms with Gasteiger partial charge >= 0.3 is 0 Å². The van der Waals surface area contributed by atoms with Crippen molar-refractivity contribution in [1.82, 2.24) is 24.9 Å². The third kappa shape index (κ3) is 1.99. The zero-order valence-electron chi connectivity index (χ0n) is 9.53. The van der Waals surface area contributed by atoms with Crippen LogP contribution in [0.3, 0.4) is 0 Å². The molecule has 0 spiro atoms. The lowest BCUT2D eigenvalue weighted by molar-refractivity contribution is 0.687. The Morgan fingerprint density at radius 2 is 2.25 bits per heavy atom. The van der Waals surface area contributed by atoms with Crippen molar-refractivity contribution in [3.63, 3.8) is 0 Å². The normalized spacial score (nSPS) is 11.0. The van der Waals surface area contributed by atoms with Crippen LogP contribution >= 0.6 is 22.6 Å². The number of nitrogens with zero attached hydrogens (tertiary/aromatic N) is 4. The van der Waals surface area contributed by atoms with Gasteiger partial charge in [0, 0.05) is 25.4 Å². The Balaban J connectivity index is 2.54. The number of rotatable bonds is 3. The molecule has 2 rings (SSSR count). The van der Waals surface area contributed by atoms with Crippen molar-refractivity contribution in [3.05, 3.63) is 27.2 Å². The van der Waals surface area contributed by atoms with Gasteiger partial charge < -0.3 is 5.32 Å². The highest BCUT2D eigenvalue weighted by molar-refractivity contribution is 14.1. The van der Waals surface area contributed by atoms with Gasteiger partial charge in [-0.3, -0.25) is 4.68 Å². The Morgan fingerprint density at radius 1 is 1.50 bits per heavy atom. The van der Waals surface area contributed by atoms with Crippen molar-refractivity contribution in [2.75, 3.05) is 7.05 Å². The van der Waals surface area contributed by atoms with Crippen LogP contribution in [0.5, 0.6) is 0 Å². The van der Waals surface area contributed by atoms with Gasteiger partial charge in [-0.05, 0) is 36.6 Å². The topological polar surface area (TPSA) is 47.7 Å². The van der Waals surface area contributed by atoms with Crippen LogP contribution in [-0.2, 0) is 13.6 Å². The third-order valence-corrected chi connectivity index (χ3v) is 2.99. The second kappa shape index (κ2) is 4.54. The molecule has 0 fully saturated rings. The first-order valence-corrected chi connectivity index (χ1v) is 6.09. The molecule has 0 aliphatic carbocycles. The molecule has 2 aromatic heterocycles. The zero-order valence-corrected chi connectivity index (χ0v) is 11.7. The summed E-state index contributed by atoms with van der Waals surface area (Å²) in [6, 6.07) is 0. The second-order valence-electron chi connectivity index (χ2n) is 3.64. The molecular formula is C10H14IN5. The molecule has 2 aromatic rings. The van der Waals surface area contributed by atoms with E-state index >= 15 is 0 Å². The molecule has 1 N–H and O–H groups in total. The van der Waals surface area contributed by atoms with Crippen molar-refractivity contribution in [2.45, 2.75) is 13.5 Å². The Bertz CT molecular complexity index is 499. The molecule has 0 bridgehead atoms. The molecule has 0 unspecified atom stereocenters. The quantitative estimate of drug-likeness (QED) is 0.861. The lowest BCUT2D eigenvalue weighted by Gasteiger charge is -2.05. The fraction of sp³-hybridized carbons (Fsp3) is 0.400. The molecule has 0 aliphatic heterocycles. The van der Waals surface area contributed by atoms with Crippen LogP contribution in [0.1, 0.15) is 11.3 Å². The maximum atomic E-state index is 4.43. The van der Waals surface area contributed by atoms with E-state index in [4.69, 9.17) is 0 Å². The summed E-state index contributed by atoms with van der Waals surface area (Å²) in [6.45, 7) is 2.82. The molecule has 86 valence electrons. The van der Waals surface area contributed by atoms with Gasteiger partial charge in [0.15, 0.2) is 5.82 Å². The van der Waals surface area contributed by atoms with Crippen molar-refractivity contribution in [3.8, 4) is 5.82 Å². The molecule has 0 aromatic carbocycles. The second-order valence-corrected chi connectivity index (χ2v) is 4.89. The Hall–Kier alpha value is -0.890. The summed E-state index contributed by atoms with van der Waals surface area (Å²) in [6.07, 6.45) is 3.84. The van der Waals surface area contributed by atoms with Gasteiger partial charge in [0.1, 0.15) is 0 Å². The SMILES string of the molecule is CNCc1c(C)nn(C)c1-n1cc(I)cn1. The van der Waals surface area contributed by atoms with Gasteiger partial charge in [0.05, 0.1) is 15.5 Å². The van der Waals surface area contributed by atoms with E-state index in [2.05, 4.69) is 38.1 Å². The molecule has 0 aliphatic rings. The minimum atomic E-state index is 0.797. The summed E-state index contributed by atoms with van der Waals surface area (Å²) in [5.74, 6) is 1.02. The Kier molecular flexibility index (Phi) is 3.29. The lowest BCUT2D eigenvalue weighted by atomic mass is 10.2. The minimum Gasteiger partial charge on any atom is -0.315 e. The van der Waals surface area contributed by atoms with E-state index in [0.717, 1.165) is 21.6 Å². The number of halogens is 1. The Morgan fingerprint density at radius 3 is 2.81 bits per heavy atom. The van der Waals surface area contributed by atoms with E-state index in [0.29, 0.717) is 0 Å². The maximum absolute atomic E-state index is 4.43. The van der Waals surface area contributed by atoms with Gasteiger partial charge in [-0.1, -0.05) is 0 Å². The van der Waals surface area contributed by atoms with Crippen LogP contribution in [0.4, 0.5) is 0 Å². The van der Waals surface area contributed by atoms with Crippen molar-refractivity contribution in [2.24, 2.45) is 7.05 Å². The molecule has 0 saturated carbocycles. The summed E-state index contributed by atoms with van der Waals surface area (Å²) < 4.78 is 4.85. The first kappa shape index (κ1) is 11.6. The standard InChI is InChI=1S/C10H14IN5/c1-7-9(5-12-2)10(15(3)14-7)16-6-8(11)4-13-16/h4,6,12H,5H2,1-3H3. The number of nitrogens with one attached hydrogen (secondary N) is 1. The average Bonchev–Trinajstić information content (AvgIpc) is 2.73. The van der Waals surface area contributed by atoms with Crippen molar-refractivity contribution >= 4 is 22.6 Å². The lowest BCUT2D eigenvalue weighted by Crippen LogP contribution is -2.11. The smallest absolute Gasteiger partial charge is 0.156 e. The van der Waals surface area contributed by atoms with Gasteiger partial charge in [-0.25, -0.2) is 4.68 Å². The molecule has 0 saturated heterocycles. The van der Waals surface area contributed by atoms with E-state index in [1.54, 1.807) is 0 Å². The molecule has 0 atom stereocenters. The first-order valence-electron chi connectivity index (χ1n) is 5.01. The first-order chi connectivity index (χ1) is 7.63. The Labute approximate surface area is 108 Å². The van der Waals surface area contributed by atoms with Gasteiger partial charge in [-0.15, -0.1) is 0 Å². The number of aromatic nitrogens is 4. The molecule has 6 heteroatoms. The van der Waals surface area contributed by atoms with Gasteiger partial charge in [0.25, 0.3) is 0 Å². The number of hydrogen-bond acceptors (Lipinski definition) is 3. The van der Waals surface area contributed by atoms with E-state index in [9.17, 15) is 0 Å². The molecule has 0 radical (unpaired) electrons. The highest BCUT2D eigenvalue weighted by Gasteiger charge is 2.14. The summed E-state index contributed by atoms with van der Waals surface area (Å²) >= 11 is 2.25. The third-order valence-electron chi connectivity index (χ3n) is 2.43. The summed E-state index contributed by atoms with van der Waals surface area (Å²) in [4.78, 5) is 0. The average molecular weight is 331 g/mol. The van der Waals surface area contributed by atoms with Crippen LogP contribution in [0.15, 0.2) is 12.4 Å². The zero-order chi connectivity index (χ0) is 11.7. The van der Waals surface area contributed by atoms with E-state index in [1.807, 2.05) is 42.8 Å². The van der Waals surface area contributed by atoms with Crippen molar-refractivity contribution in [1.29, 1.82) is 0 Å². The summed E-state index contributed by atoms with van der Waals surface area (Å²) in [5.41, 5.74) is 2.22. The van der Waals surface area contributed by atoms with E-state index < -0.39 is 0 Å². The van der Waals surface area contributed by atoms with E-state index in [1.165, 1.54) is 5.56 Å². The molecule has 0 amide bonds. The summed E-state index contributed by atoms with van der Waals surface area (Å²) in [7, 11) is 3.87. The molecular weight excluding hydrogens is 317 g/mol. The van der Waals surface area contributed by atoms with Crippen LogP contribution in [0.2, 0.25) is 0 Å². The number of aryl methyl sites for hydroxylation is 2. The van der Waals surface area contributed by atoms with Crippen LogP contribution in [0, 0.1) is 10.5 Å². The predicted molar refractivity (Wildman–Crippen MR) is 70.5 cm³/mol. The van der Waals surface area contributed by atoms with Crippen LogP contribution in [0.25, 0.3) is 5.82 Å². The van der Waals surface area contributed by atoms with Crippen LogP contribution < -0.4 is 5.32 Å². The van der Waals surface area contributed by atoms with Crippen LogP contribution in [-0.4, -0.2) is 26.6 Å². The largest absolute Gasteiger partial charge is 0.315 e. The summed E-state index contributed by atoms with van der Waals surface area (Å²) in [5, 5.41) is 11.9. The van der Waals surface area contributed by atoms with Gasteiger partial charge in [0.2, 0.25) is 0 Å².